The molecule has 0 amide bonds. The Kier molecular flexibility index (Phi) is 8.17. The van der Waals surface area contributed by atoms with Crippen LogP contribution in [-0.4, -0.2) is 39.6 Å². The minimum Gasteiger partial charge on any atom is -0.495 e. The zero-order valence-corrected chi connectivity index (χ0v) is 16.0. The average molecular weight is 437 g/mol. The smallest absolute Gasteiger partial charge is 0.137 e. The summed E-state index contributed by atoms with van der Waals surface area (Å²) >= 11 is 7.03. The van der Waals surface area contributed by atoms with Crippen molar-refractivity contribution in [1.82, 2.24) is 5.32 Å². The average Bonchev–Trinajstić information content (AvgIpc) is 2.99. The summed E-state index contributed by atoms with van der Waals surface area (Å²) in [7, 11) is 1.69. The molecule has 1 fully saturated rings. The quantitative estimate of drug-likeness (QED) is 0.596. The molecular formula is C16H23Br2NO3. The largest absolute Gasteiger partial charge is 0.495 e. The Morgan fingerprint density at radius 3 is 2.95 bits per heavy atom. The van der Waals surface area contributed by atoms with Gasteiger partial charge in [-0.2, -0.15) is 0 Å². The number of hydrogen-bond acceptors (Lipinski definition) is 4. The number of ether oxygens (including phenoxy) is 3. The molecule has 1 unspecified atom stereocenters. The van der Waals surface area contributed by atoms with Crippen molar-refractivity contribution in [1.29, 1.82) is 0 Å². The van der Waals surface area contributed by atoms with E-state index in [0.717, 1.165) is 66.0 Å². The van der Waals surface area contributed by atoms with Gasteiger partial charge in [-0.3, -0.25) is 0 Å². The topological polar surface area (TPSA) is 39.7 Å². The molecule has 0 radical (unpaired) electrons. The molecule has 0 aromatic heterocycles. The Labute approximate surface area is 149 Å². The summed E-state index contributed by atoms with van der Waals surface area (Å²) in [5.41, 5.74) is 1.13. The zero-order valence-electron chi connectivity index (χ0n) is 12.9. The monoisotopic (exact) mass is 435 g/mol. The first-order valence-electron chi connectivity index (χ1n) is 7.62. The predicted octanol–water partition coefficient (Wildman–Crippen LogP) is 3.90. The summed E-state index contributed by atoms with van der Waals surface area (Å²) in [4.78, 5) is 0. The van der Waals surface area contributed by atoms with Gasteiger partial charge >= 0.3 is 0 Å². The third-order valence-electron chi connectivity index (χ3n) is 3.57. The maximum atomic E-state index is 5.65. The van der Waals surface area contributed by atoms with Crippen LogP contribution in [0.3, 0.4) is 0 Å². The van der Waals surface area contributed by atoms with Crippen molar-refractivity contribution in [2.45, 2.75) is 31.9 Å². The summed E-state index contributed by atoms with van der Waals surface area (Å²) in [6.07, 6.45) is 3.61. The SMILES string of the molecule is COc1c(Br)cc(Br)cc1CNCCCOCC1CCCO1. The Bertz CT molecular complexity index is 465. The first-order chi connectivity index (χ1) is 10.7. The molecule has 22 heavy (non-hydrogen) atoms. The summed E-state index contributed by atoms with van der Waals surface area (Å²) < 4.78 is 18.6. The Hall–Kier alpha value is -0.140. The minimum absolute atomic E-state index is 0.316. The van der Waals surface area contributed by atoms with Gasteiger partial charge < -0.3 is 19.5 Å². The fraction of sp³-hybridized carbons (Fsp3) is 0.625. The lowest BCUT2D eigenvalue weighted by Gasteiger charge is -2.13. The molecule has 1 N–H and O–H groups in total. The first-order valence-corrected chi connectivity index (χ1v) is 9.21. The fourth-order valence-corrected chi connectivity index (χ4v) is 3.96. The molecule has 1 aromatic rings. The van der Waals surface area contributed by atoms with Crippen molar-refractivity contribution >= 4 is 31.9 Å². The van der Waals surface area contributed by atoms with E-state index in [4.69, 9.17) is 14.2 Å². The molecule has 1 heterocycles. The molecular weight excluding hydrogens is 414 g/mol. The number of benzene rings is 1. The van der Waals surface area contributed by atoms with Crippen molar-refractivity contribution in [3.05, 3.63) is 26.6 Å². The van der Waals surface area contributed by atoms with Gasteiger partial charge in [-0.25, -0.2) is 0 Å². The molecule has 0 aliphatic carbocycles. The molecule has 0 saturated carbocycles. The number of hydrogen-bond donors (Lipinski definition) is 1. The lowest BCUT2D eigenvalue weighted by Crippen LogP contribution is -2.19. The predicted molar refractivity (Wildman–Crippen MR) is 94.5 cm³/mol. The van der Waals surface area contributed by atoms with Gasteiger partial charge in [0, 0.05) is 29.8 Å². The zero-order chi connectivity index (χ0) is 15.8. The van der Waals surface area contributed by atoms with Gasteiger partial charge in [0.2, 0.25) is 0 Å². The van der Waals surface area contributed by atoms with E-state index in [1.165, 1.54) is 6.42 Å². The van der Waals surface area contributed by atoms with E-state index in [2.05, 4.69) is 43.2 Å². The highest BCUT2D eigenvalue weighted by molar-refractivity contribution is 9.11. The third kappa shape index (κ3) is 5.81. The van der Waals surface area contributed by atoms with Crippen LogP contribution in [-0.2, 0) is 16.0 Å². The van der Waals surface area contributed by atoms with Crippen molar-refractivity contribution in [3.8, 4) is 5.75 Å². The summed E-state index contributed by atoms with van der Waals surface area (Å²) in [5, 5.41) is 3.43. The molecule has 0 bridgehead atoms. The van der Waals surface area contributed by atoms with Crippen LogP contribution in [0.2, 0.25) is 0 Å². The van der Waals surface area contributed by atoms with Crippen molar-refractivity contribution in [2.24, 2.45) is 0 Å². The Morgan fingerprint density at radius 1 is 1.36 bits per heavy atom. The molecule has 0 spiro atoms. The third-order valence-corrected chi connectivity index (χ3v) is 4.62. The molecule has 2 rings (SSSR count). The van der Waals surface area contributed by atoms with Gasteiger partial charge in [-0.05, 0) is 53.9 Å². The second-order valence-corrected chi connectivity index (χ2v) is 7.09. The van der Waals surface area contributed by atoms with Crippen LogP contribution in [0.5, 0.6) is 5.75 Å². The minimum atomic E-state index is 0.316. The summed E-state index contributed by atoms with van der Waals surface area (Å²) in [5.74, 6) is 0.880. The van der Waals surface area contributed by atoms with E-state index in [-0.39, 0.29) is 0 Å². The van der Waals surface area contributed by atoms with Crippen LogP contribution < -0.4 is 10.1 Å². The molecule has 1 saturated heterocycles. The van der Waals surface area contributed by atoms with Crippen LogP contribution in [0.15, 0.2) is 21.1 Å². The molecule has 1 aliphatic rings. The molecule has 1 aromatic carbocycles. The number of nitrogens with one attached hydrogen (secondary N) is 1. The van der Waals surface area contributed by atoms with E-state index in [9.17, 15) is 0 Å². The molecule has 124 valence electrons. The Morgan fingerprint density at radius 2 is 2.23 bits per heavy atom. The standard InChI is InChI=1S/C16H23Br2NO3/c1-20-16-12(8-13(17)9-15(16)18)10-19-5-3-6-21-11-14-4-2-7-22-14/h8-9,14,19H,2-7,10-11H2,1H3. The lowest BCUT2D eigenvalue weighted by atomic mass is 10.2. The van der Waals surface area contributed by atoms with Crippen molar-refractivity contribution in [3.63, 3.8) is 0 Å². The Balaban J connectivity index is 1.62. The van der Waals surface area contributed by atoms with Gasteiger partial charge in [0.1, 0.15) is 5.75 Å². The molecule has 1 atom stereocenters. The second-order valence-electron chi connectivity index (χ2n) is 5.32. The molecule has 6 heteroatoms. The molecule has 1 aliphatic heterocycles. The number of halogens is 2. The maximum Gasteiger partial charge on any atom is 0.137 e. The maximum absolute atomic E-state index is 5.65. The van der Waals surface area contributed by atoms with Gasteiger partial charge in [0.25, 0.3) is 0 Å². The fourth-order valence-electron chi connectivity index (χ4n) is 2.49. The van der Waals surface area contributed by atoms with Gasteiger partial charge in [0.05, 0.1) is 24.3 Å². The van der Waals surface area contributed by atoms with E-state index >= 15 is 0 Å². The number of rotatable bonds is 9. The van der Waals surface area contributed by atoms with Crippen LogP contribution in [0.1, 0.15) is 24.8 Å². The highest BCUT2D eigenvalue weighted by Crippen LogP contribution is 2.32. The normalized spacial score (nSPS) is 17.9. The van der Waals surface area contributed by atoms with Crippen molar-refractivity contribution < 1.29 is 14.2 Å². The van der Waals surface area contributed by atoms with Gasteiger partial charge in [-0.1, -0.05) is 15.9 Å². The van der Waals surface area contributed by atoms with Crippen LogP contribution in [0, 0.1) is 0 Å². The van der Waals surface area contributed by atoms with E-state index in [1.807, 2.05) is 6.07 Å². The molecule has 4 nitrogen and oxygen atoms in total. The van der Waals surface area contributed by atoms with E-state index in [0.29, 0.717) is 6.10 Å². The number of methoxy groups -OCH3 is 1. The van der Waals surface area contributed by atoms with Crippen LogP contribution in [0.25, 0.3) is 0 Å². The van der Waals surface area contributed by atoms with Crippen LogP contribution >= 0.6 is 31.9 Å². The lowest BCUT2D eigenvalue weighted by molar-refractivity contribution is 0.0166. The first kappa shape index (κ1) is 18.2. The van der Waals surface area contributed by atoms with Gasteiger partial charge in [-0.15, -0.1) is 0 Å². The van der Waals surface area contributed by atoms with Crippen molar-refractivity contribution in [2.75, 3.05) is 33.5 Å². The van der Waals surface area contributed by atoms with E-state index in [1.54, 1.807) is 7.11 Å². The van der Waals surface area contributed by atoms with Gasteiger partial charge in [0.15, 0.2) is 0 Å². The highest BCUT2D eigenvalue weighted by atomic mass is 79.9. The highest BCUT2D eigenvalue weighted by Gasteiger charge is 2.14. The van der Waals surface area contributed by atoms with E-state index < -0.39 is 0 Å². The summed E-state index contributed by atoms with van der Waals surface area (Å²) in [6, 6.07) is 4.06. The van der Waals surface area contributed by atoms with Crippen LogP contribution in [0.4, 0.5) is 0 Å². The second kappa shape index (κ2) is 9.88. The summed E-state index contributed by atoms with van der Waals surface area (Å²) in [6.45, 7) is 4.07.